The van der Waals surface area contributed by atoms with Gasteiger partial charge in [-0.15, -0.1) is 0 Å². The topological polar surface area (TPSA) is 115 Å². The molecule has 1 saturated heterocycles. The van der Waals surface area contributed by atoms with Crippen molar-refractivity contribution in [2.75, 3.05) is 42.3 Å². The van der Waals surface area contributed by atoms with Crippen LogP contribution in [-0.4, -0.2) is 51.2 Å². The molecular weight excluding hydrogens is 344 g/mol. The minimum absolute atomic E-state index is 0.231. The van der Waals surface area contributed by atoms with Crippen LogP contribution < -0.4 is 16.0 Å². The highest BCUT2D eigenvalue weighted by molar-refractivity contribution is 5.72. The van der Waals surface area contributed by atoms with Crippen molar-refractivity contribution in [2.45, 2.75) is 6.92 Å². The standard InChI is InChI=1S/C18H20N8O/c1-12-15(13-10-21-17(19)22-11-13)24-18(26-6-8-27-9-7-26)25-16(12)23-14-2-4-20-5-3-14/h2-5,10-11H,6-9H2,1H3,(H2,19,21,22)(H,20,23,24,25). The Morgan fingerprint density at radius 1 is 1.07 bits per heavy atom. The molecule has 4 rings (SSSR count). The molecule has 1 aliphatic heterocycles. The van der Waals surface area contributed by atoms with Gasteiger partial charge >= 0.3 is 0 Å². The minimum atomic E-state index is 0.231. The van der Waals surface area contributed by atoms with Crippen LogP contribution in [0.3, 0.4) is 0 Å². The lowest BCUT2D eigenvalue weighted by Gasteiger charge is -2.28. The molecule has 138 valence electrons. The van der Waals surface area contributed by atoms with Crippen LogP contribution in [-0.2, 0) is 4.74 Å². The number of morpholine rings is 1. The number of hydrogen-bond acceptors (Lipinski definition) is 9. The fourth-order valence-electron chi connectivity index (χ4n) is 2.84. The highest BCUT2D eigenvalue weighted by Crippen LogP contribution is 2.29. The lowest BCUT2D eigenvalue weighted by atomic mass is 10.1. The van der Waals surface area contributed by atoms with E-state index in [0.717, 1.165) is 41.4 Å². The second-order valence-electron chi connectivity index (χ2n) is 6.14. The Hall–Kier alpha value is -3.33. The number of nitrogen functional groups attached to an aromatic ring is 1. The molecule has 0 aromatic carbocycles. The van der Waals surface area contributed by atoms with E-state index in [1.54, 1.807) is 24.8 Å². The van der Waals surface area contributed by atoms with Crippen LogP contribution in [0, 0.1) is 6.92 Å². The molecule has 3 aromatic rings. The molecule has 0 atom stereocenters. The maximum absolute atomic E-state index is 5.63. The fourth-order valence-corrected chi connectivity index (χ4v) is 2.84. The zero-order valence-corrected chi connectivity index (χ0v) is 15.0. The molecule has 4 heterocycles. The average Bonchev–Trinajstić information content (AvgIpc) is 2.72. The van der Waals surface area contributed by atoms with E-state index in [0.29, 0.717) is 19.2 Å². The smallest absolute Gasteiger partial charge is 0.228 e. The van der Waals surface area contributed by atoms with E-state index in [4.69, 9.17) is 20.4 Å². The summed E-state index contributed by atoms with van der Waals surface area (Å²) in [7, 11) is 0. The second kappa shape index (κ2) is 7.50. The molecule has 0 spiro atoms. The van der Waals surface area contributed by atoms with E-state index in [-0.39, 0.29) is 5.95 Å². The van der Waals surface area contributed by atoms with E-state index in [9.17, 15) is 0 Å². The van der Waals surface area contributed by atoms with Gasteiger partial charge in [0.15, 0.2) is 0 Å². The highest BCUT2D eigenvalue weighted by atomic mass is 16.5. The van der Waals surface area contributed by atoms with Gasteiger partial charge in [-0.2, -0.15) is 4.98 Å². The van der Waals surface area contributed by atoms with Crippen molar-refractivity contribution in [1.29, 1.82) is 0 Å². The van der Waals surface area contributed by atoms with Gasteiger partial charge < -0.3 is 20.7 Å². The maximum atomic E-state index is 5.63. The van der Waals surface area contributed by atoms with Crippen LogP contribution in [0.25, 0.3) is 11.3 Å². The third kappa shape index (κ3) is 3.77. The third-order valence-corrected chi connectivity index (χ3v) is 4.32. The van der Waals surface area contributed by atoms with Gasteiger partial charge in [-0.25, -0.2) is 15.0 Å². The Kier molecular flexibility index (Phi) is 4.75. The van der Waals surface area contributed by atoms with Gasteiger partial charge in [-0.1, -0.05) is 0 Å². The predicted molar refractivity (Wildman–Crippen MR) is 103 cm³/mol. The molecular formula is C18H20N8O. The first-order valence-corrected chi connectivity index (χ1v) is 8.67. The fraction of sp³-hybridized carbons (Fsp3) is 0.278. The number of ether oxygens (including phenoxy) is 1. The Balaban J connectivity index is 1.78. The zero-order chi connectivity index (χ0) is 18.6. The number of pyridine rings is 1. The first kappa shape index (κ1) is 17.1. The summed E-state index contributed by atoms with van der Waals surface area (Å²) < 4.78 is 5.45. The number of nitrogens with one attached hydrogen (secondary N) is 1. The molecule has 0 unspecified atom stereocenters. The van der Waals surface area contributed by atoms with E-state index >= 15 is 0 Å². The number of nitrogens with zero attached hydrogens (tertiary/aromatic N) is 6. The first-order chi connectivity index (χ1) is 13.2. The van der Waals surface area contributed by atoms with Crippen LogP contribution in [0.2, 0.25) is 0 Å². The van der Waals surface area contributed by atoms with Gasteiger partial charge in [0.05, 0.1) is 18.9 Å². The monoisotopic (exact) mass is 364 g/mol. The van der Waals surface area contributed by atoms with Crippen LogP contribution in [0.4, 0.5) is 23.4 Å². The van der Waals surface area contributed by atoms with Crippen LogP contribution in [0.5, 0.6) is 0 Å². The molecule has 1 aliphatic rings. The molecule has 0 bridgehead atoms. The van der Waals surface area contributed by atoms with Crippen molar-refractivity contribution >= 4 is 23.4 Å². The quantitative estimate of drug-likeness (QED) is 0.715. The van der Waals surface area contributed by atoms with Gasteiger partial charge in [-0.3, -0.25) is 4.98 Å². The van der Waals surface area contributed by atoms with E-state index in [1.807, 2.05) is 19.1 Å². The number of rotatable bonds is 4. The van der Waals surface area contributed by atoms with E-state index in [2.05, 4.69) is 25.2 Å². The van der Waals surface area contributed by atoms with Gasteiger partial charge in [-0.05, 0) is 19.1 Å². The first-order valence-electron chi connectivity index (χ1n) is 8.67. The molecule has 3 N–H and O–H groups in total. The average molecular weight is 364 g/mol. The number of nitrogens with two attached hydrogens (primary N) is 1. The molecule has 0 aliphatic carbocycles. The Morgan fingerprint density at radius 2 is 1.78 bits per heavy atom. The summed E-state index contributed by atoms with van der Waals surface area (Å²) in [5, 5.41) is 3.36. The molecule has 3 aromatic heterocycles. The third-order valence-electron chi connectivity index (χ3n) is 4.32. The molecule has 1 fully saturated rings. The predicted octanol–water partition coefficient (Wildman–Crippen LogP) is 1.80. The summed E-state index contributed by atoms with van der Waals surface area (Å²) in [5.74, 6) is 1.60. The van der Waals surface area contributed by atoms with Crippen LogP contribution >= 0.6 is 0 Å². The van der Waals surface area contributed by atoms with Gasteiger partial charge in [0.25, 0.3) is 0 Å². The highest BCUT2D eigenvalue weighted by Gasteiger charge is 2.19. The Labute approximate surface area is 156 Å². The summed E-state index contributed by atoms with van der Waals surface area (Å²) in [5.41, 5.74) is 8.98. The van der Waals surface area contributed by atoms with Gasteiger partial charge in [0.1, 0.15) is 5.82 Å². The molecule has 0 amide bonds. The van der Waals surface area contributed by atoms with Gasteiger partial charge in [0.2, 0.25) is 11.9 Å². The zero-order valence-electron chi connectivity index (χ0n) is 15.0. The van der Waals surface area contributed by atoms with E-state index in [1.165, 1.54) is 0 Å². The van der Waals surface area contributed by atoms with E-state index < -0.39 is 0 Å². The lowest BCUT2D eigenvalue weighted by Crippen LogP contribution is -2.37. The molecule has 9 heteroatoms. The Bertz CT molecular complexity index is 911. The van der Waals surface area contributed by atoms with Crippen molar-refractivity contribution in [1.82, 2.24) is 24.9 Å². The molecule has 27 heavy (non-hydrogen) atoms. The molecule has 9 nitrogen and oxygen atoms in total. The Morgan fingerprint density at radius 3 is 2.48 bits per heavy atom. The number of hydrogen-bond donors (Lipinski definition) is 2. The summed E-state index contributed by atoms with van der Waals surface area (Å²) in [6, 6.07) is 3.78. The number of anilines is 4. The van der Waals surface area contributed by atoms with Crippen LogP contribution in [0.1, 0.15) is 5.56 Å². The second-order valence-corrected chi connectivity index (χ2v) is 6.14. The minimum Gasteiger partial charge on any atom is -0.378 e. The number of aromatic nitrogens is 5. The summed E-state index contributed by atoms with van der Waals surface area (Å²) in [6.07, 6.45) is 6.82. The van der Waals surface area contributed by atoms with Crippen molar-refractivity contribution in [2.24, 2.45) is 0 Å². The maximum Gasteiger partial charge on any atom is 0.228 e. The lowest BCUT2D eigenvalue weighted by molar-refractivity contribution is 0.122. The van der Waals surface area contributed by atoms with Crippen molar-refractivity contribution in [3.8, 4) is 11.3 Å². The van der Waals surface area contributed by atoms with Gasteiger partial charge in [0, 0.05) is 54.7 Å². The largest absolute Gasteiger partial charge is 0.378 e. The van der Waals surface area contributed by atoms with Crippen molar-refractivity contribution in [3.05, 3.63) is 42.5 Å². The van der Waals surface area contributed by atoms with Crippen LogP contribution in [0.15, 0.2) is 36.9 Å². The SMILES string of the molecule is Cc1c(Nc2ccncc2)nc(N2CCOCC2)nc1-c1cnc(N)nc1. The summed E-state index contributed by atoms with van der Waals surface area (Å²) in [6.45, 7) is 4.78. The molecule has 0 radical (unpaired) electrons. The van der Waals surface area contributed by atoms with Crippen molar-refractivity contribution in [3.63, 3.8) is 0 Å². The normalized spacial score (nSPS) is 14.2. The van der Waals surface area contributed by atoms with Crippen molar-refractivity contribution < 1.29 is 4.74 Å². The summed E-state index contributed by atoms with van der Waals surface area (Å²) >= 11 is 0. The summed E-state index contributed by atoms with van der Waals surface area (Å²) in [4.78, 5) is 23.9. The molecule has 0 saturated carbocycles.